The number of carbonyl (C=O) groups is 1. The fourth-order valence-corrected chi connectivity index (χ4v) is 2.78. The van der Waals surface area contributed by atoms with E-state index >= 15 is 0 Å². The van der Waals surface area contributed by atoms with Crippen LogP contribution in [0.25, 0.3) is 0 Å². The lowest BCUT2D eigenvalue weighted by Crippen LogP contribution is -2.42. The van der Waals surface area contributed by atoms with Gasteiger partial charge in [-0.15, -0.1) is 0 Å². The molecule has 0 radical (unpaired) electrons. The van der Waals surface area contributed by atoms with Crippen molar-refractivity contribution in [3.63, 3.8) is 0 Å². The minimum Gasteiger partial charge on any atom is -0.348 e. The molecule has 1 N–H and O–H groups in total. The second-order valence-electron chi connectivity index (χ2n) is 5.69. The summed E-state index contributed by atoms with van der Waals surface area (Å²) in [5.74, 6) is 0.0629. The van der Waals surface area contributed by atoms with Crippen molar-refractivity contribution in [2.75, 3.05) is 19.6 Å². The molecule has 0 bridgehead atoms. The van der Waals surface area contributed by atoms with E-state index in [2.05, 4.69) is 17.1 Å². The van der Waals surface area contributed by atoms with Crippen molar-refractivity contribution in [2.45, 2.75) is 45.1 Å². The molecule has 1 aliphatic rings. The largest absolute Gasteiger partial charge is 0.348 e. The van der Waals surface area contributed by atoms with E-state index in [0.717, 1.165) is 25.1 Å². The number of likely N-dealkylation sites (tertiary alicyclic amines) is 1. The summed E-state index contributed by atoms with van der Waals surface area (Å²) in [6.45, 7) is 5.57. The van der Waals surface area contributed by atoms with Gasteiger partial charge in [-0.3, -0.25) is 4.79 Å². The minimum atomic E-state index is 0.0629. The van der Waals surface area contributed by atoms with E-state index in [1.165, 1.54) is 32.2 Å². The molecule has 0 spiro atoms. The van der Waals surface area contributed by atoms with Gasteiger partial charge in [0.05, 0.1) is 0 Å². The molecule has 1 aliphatic heterocycles. The van der Waals surface area contributed by atoms with Crippen molar-refractivity contribution < 1.29 is 4.79 Å². The van der Waals surface area contributed by atoms with Crippen LogP contribution in [0.5, 0.6) is 0 Å². The molecule has 1 unspecified atom stereocenters. The van der Waals surface area contributed by atoms with Crippen LogP contribution in [0, 0.1) is 0 Å². The molecule has 1 heterocycles. The zero-order valence-electron chi connectivity index (χ0n) is 12.5. The van der Waals surface area contributed by atoms with Crippen LogP contribution < -0.4 is 5.32 Å². The normalized spacial score (nSPS) is 20.4. The molecule has 1 amide bonds. The van der Waals surface area contributed by atoms with Crippen molar-refractivity contribution in [1.29, 1.82) is 0 Å². The highest BCUT2D eigenvalue weighted by Gasteiger charge is 2.19. The number of nitrogens with one attached hydrogen (secondary N) is 1. The molecule has 2 rings (SSSR count). The number of hydrogen-bond donors (Lipinski definition) is 1. The second-order valence-corrected chi connectivity index (χ2v) is 5.69. The maximum atomic E-state index is 12.2. The van der Waals surface area contributed by atoms with Gasteiger partial charge in [0.25, 0.3) is 5.91 Å². The maximum absolute atomic E-state index is 12.2. The summed E-state index contributed by atoms with van der Waals surface area (Å²) in [6.07, 6.45) is 6.04. The monoisotopic (exact) mass is 274 g/mol. The summed E-state index contributed by atoms with van der Waals surface area (Å²) in [5.41, 5.74) is 0.761. The summed E-state index contributed by atoms with van der Waals surface area (Å²) >= 11 is 0. The lowest BCUT2D eigenvalue weighted by Gasteiger charge is -2.24. The smallest absolute Gasteiger partial charge is 0.251 e. The number of carbonyl (C=O) groups excluding carboxylic acids is 1. The first-order valence-electron chi connectivity index (χ1n) is 7.88. The van der Waals surface area contributed by atoms with Crippen LogP contribution in [0.4, 0.5) is 0 Å². The van der Waals surface area contributed by atoms with Crippen LogP contribution in [-0.2, 0) is 0 Å². The van der Waals surface area contributed by atoms with Crippen molar-refractivity contribution in [3.05, 3.63) is 35.9 Å². The van der Waals surface area contributed by atoms with E-state index in [9.17, 15) is 4.79 Å². The van der Waals surface area contributed by atoms with Crippen molar-refractivity contribution in [3.8, 4) is 0 Å². The molecule has 3 nitrogen and oxygen atoms in total. The number of benzene rings is 1. The van der Waals surface area contributed by atoms with Crippen LogP contribution in [0.1, 0.15) is 49.4 Å². The summed E-state index contributed by atoms with van der Waals surface area (Å²) in [5, 5.41) is 3.20. The average Bonchev–Trinajstić information content (AvgIpc) is 2.71. The van der Waals surface area contributed by atoms with Gasteiger partial charge < -0.3 is 10.2 Å². The van der Waals surface area contributed by atoms with E-state index in [1.54, 1.807) is 0 Å². The van der Waals surface area contributed by atoms with E-state index in [-0.39, 0.29) is 5.91 Å². The van der Waals surface area contributed by atoms with E-state index in [1.807, 2.05) is 30.3 Å². The Labute approximate surface area is 122 Å². The van der Waals surface area contributed by atoms with Gasteiger partial charge in [0, 0.05) is 18.2 Å². The van der Waals surface area contributed by atoms with Crippen LogP contribution in [0.15, 0.2) is 30.3 Å². The van der Waals surface area contributed by atoms with Gasteiger partial charge in [0.15, 0.2) is 0 Å². The fourth-order valence-electron chi connectivity index (χ4n) is 2.78. The first kappa shape index (κ1) is 15.0. The highest BCUT2D eigenvalue weighted by Crippen LogP contribution is 2.12. The van der Waals surface area contributed by atoms with Gasteiger partial charge in [0.1, 0.15) is 0 Å². The highest BCUT2D eigenvalue weighted by atomic mass is 16.1. The van der Waals surface area contributed by atoms with Gasteiger partial charge in [-0.2, -0.15) is 0 Å². The molecular weight excluding hydrogens is 248 g/mol. The first-order chi connectivity index (χ1) is 9.79. The van der Waals surface area contributed by atoms with E-state index in [0.29, 0.717) is 6.04 Å². The Morgan fingerprint density at radius 3 is 2.85 bits per heavy atom. The quantitative estimate of drug-likeness (QED) is 0.895. The predicted molar refractivity (Wildman–Crippen MR) is 82.9 cm³/mol. The van der Waals surface area contributed by atoms with Crippen molar-refractivity contribution >= 4 is 5.91 Å². The Hall–Kier alpha value is -1.35. The van der Waals surface area contributed by atoms with Crippen LogP contribution in [0.3, 0.4) is 0 Å². The predicted octanol–water partition coefficient (Wildman–Crippen LogP) is 3.07. The van der Waals surface area contributed by atoms with Crippen molar-refractivity contribution in [2.24, 2.45) is 0 Å². The Morgan fingerprint density at radius 2 is 2.10 bits per heavy atom. The molecule has 20 heavy (non-hydrogen) atoms. The molecule has 0 aromatic heterocycles. The zero-order valence-corrected chi connectivity index (χ0v) is 12.5. The number of amides is 1. The Morgan fingerprint density at radius 1 is 1.30 bits per heavy atom. The van der Waals surface area contributed by atoms with Gasteiger partial charge >= 0.3 is 0 Å². The molecule has 1 aromatic carbocycles. The van der Waals surface area contributed by atoms with E-state index < -0.39 is 0 Å². The second kappa shape index (κ2) is 8.05. The third kappa shape index (κ3) is 4.64. The summed E-state index contributed by atoms with van der Waals surface area (Å²) < 4.78 is 0. The van der Waals surface area contributed by atoms with E-state index in [4.69, 9.17) is 0 Å². The summed E-state index contributed by atoms with van der Waals surface area (Å²) in [7, 11) is 0. The third-order valence-corrected chi connectivity index (χ3v) is 3.95. The SMILES string of the molecule is CCCCN1CCCCC(NC(=O)c2ccccc2)C1. The van der Waals surface area contributed by atoms with Gasteiger partial charge in [-0.1, -0.05) is 38.0 Å². The fraction of sp³-hybridized carbons (Fsp3) is 0.588. The number of nitrogens with zero attached hydrogens (tertiary/aromatic N) is 1. The first-order valence-corrected chi connectivity index (χ1v) is 7.88. The lowest BCUT2D eigenvalue weighted by molar-refractivity contribution is 0.0926. The molecule has 3 heteroatoms. The molecule has 0 saturated carbocycles. The topological polar surface area (TPSA) is 32.3 Å². The Balaban J connectivity index is 1.88. The molecular formula is C17H26N2O. The van der Waals surface area contributed by atoms with Crippen molar-refractivity contribution in [1.82, 2.24) is 10.2 Å². The van der Waals surface area contributed by atoms with Gasteiger partial charge in [-0.25, -0.2) is 0 Å². The summed E-state index contributed by atoms with van der Waals surface area (Å²) in [6, 6.07) is 9.81. The molecule has 1 atom stereocenters. The lowest BCUT2D eigenvalue weighted by atomic mass is 10.1. The third-order valence-electron chi connectivity index (χ3n) is 3.95. The molecule has 1 fully saturated rings. The highest BCUT2D eigenvalue weighted by molar-refractivity contribution is 5.94. The Bertz CT molecular complexity index is 405. The molecule has 0 aliphatic carbocycles. The summed E-state index contributed by atoms with van der Waals surface area (Å²) in [4.78, 5) is 14.7. The zero-order chi connectivity index (χ0) is 14.2. The molecule has 1 aromatic rings. The number of rotatable bonds is 5. The van der Waals surface area contributed by atoms with Gasteiger partial charge in [0.2, 0.25) is 0 Å². The van der Waals surface area contributed by atoms with Crippen LogP contribution >= 0.6 is 0 Å². The Kier molecular flexibility index (Phi) is 6.06. The van der Waals surface area contributed by atoms with Crippen LogP contribution in [0.2, 0.25) is 0 Å². The number of hydrogen-bond acceptors (Lipinski definition) is 2. The maximum Gasteiger partial charge on any atom is 0.251 e. The minimum absolute atomic E-state index is 0.0629. The van der Waals surface area contributed by atoms with Gasteiger partial charge in [-0.05, 0) is 44.5 Å². The average molecular weight is 274 g/mol. The standard InChI is InChI=1S/C17H26N2O/c1-2-3-12-19-13-8-7-11-16(14-19)18-17(20)15-9-5-4-6-10-15/h4-6,9-10,16H,2-3,7-8,11-14H2,1H3,(H,18,20). The molecule has 1 saturated heterocycles. The van der Waals surface area contributed by atoms with Crippen LogP contribution in [-0.4, -0.2) is 36.5 Å². The number of unbranched alkanes of at least 4 members (excludes halogenated alkanes) is 1. The molecule has 110 valence electrons.